The first-order valence-corrected chi connectivity index (χ1v) is 9.30. The van der Waals surface area contributed by atoms with Crippen molar-refractivity contribution < 1.29 is 18.8 Å². The van der Waals surface area contributed by atoms with Crippen LogP contribution in [0.4, 0.5) is 4.39 Å². The number of halogens is 1. The molecule has 0 fully saturated rings. The van der Waals surface area contributed by atoms with Crippen molar-refractivity contribution in [1.29, 1.82) is 0 Å². The van der Waals surface area contributed by atoms with E-state index in [1.54, 1.807) is 24.5 Å². The molecule has 1 aliphatic carbocycles. The quantitative estimate of drug-likeness (QED) is 0.828. The maximum atomic E-state index is 13.7. The molecule has 0 saturated carbocycles. The molecule has 2 aromatic rings. The summed E-state index contributed by atoms with van der Waals surface area (Å²) in [4.78, 5) is 11.9. The molecule has 1 aliphatic rings. The van der Waals surface area contributed by atoms with Crippen LogP contribution in [-0.4, -0.2) is 21.9 Å². The third-order valence-corrected chi connectivity index (χ3v) is 5.24. The molecule has 0 spiro atoms. The molecule has 3 nitrogen and oxygen atoms in total. The van der Waals surface area contributed by atoms with Crippen molar-refractivity contribution in [3.05, 3.63) is 70.5 Å². The Bertz CT molecular complexity index is 896. The molecule has 0 aliphatic heterocycles. The number of rotatable bonds is 4. The van der Waals surface area contributed by atoms with Crippen LogP contribution in [0.3, 0.4) is 0 Å². The highest BCUT2D eigenvalue weighted by Gasteiger charge is 2.25. The van der Waals surface area contributed by atoms with E-state index in [0.717, 1.165) is 27.2 Å². The first-order valence-electron chi connectivity index (χ1n) is 7.74. The maximum absolute atomic E-state index is 13.7. The van der Waals surface area contributed by atoms with Gasteiger partial charge in [-0.3, -0.25) is 4.79 Å². The highest BCUT2D eigenvalue weighted by Crippen LogP contribution is 2.43. The summed E-state index contributed by atoms with van der Waals surface area (Å²) < 4.78 is 25.2. The summed E-state index contributed by atoms with van der Waals surface area (Å²) in [6.07, 6.45) is 3.43. The predicted octanol–water partition coefficient (Wildman–Crippen LogP) is 4.37. The molecule has 2 aromatic carbocycles. The Morgan fingerprint density at radius 2 is 1.88 bits per heavy atom. The van der Waals surface area contributed by atoms with Crippen LogP contribution in [-0.2, 0) is 16.0 Å². The number of allylic oxidation sites excluding steroid dienone is 2. The van der Waals surface area contributed by atoms with Crippen molar-refractivity contribution in [2.75, 3.05) is 6.26 Å². The van der Waals surface area contributed by atoms with Crippen LogP contribution in [0.5, 0.6) is 0 Å². The Balaban J connectivity index is 2.09. The van der Waals surface area contributed by atoms with E-state index < -0.39 is 17.1 Å². The van der Waals surface area contributed by atoms with Crippen LogP contribution in [0, 0.1) is 5.82 Å². The van der Waals surface area contributed by atoms with Gasteiger partial charge in [0.1, 0.15) is 12.1 Å². The number of carbonyl (C=O) groups is 1. The van der Waals surface area contributed by atoms with E-state index in [9.17, 15) is 18.8 Å². The van der Waals surface area contributed by atoms with Crippen molar-refractivity contribution in [3.8, 4) is 0 Å². The summed E-state index contributed by atoms with van der Waals surface area (Å²) in [5.74, 6) is -1.27. The molecule has 0 radical (unpaired) electrons. The van der Waals surface area contributed by atoms with Crippen LogP contribution < -0.4 is 0 Å². The molecule has 1 N–H and O–H groups in total. The van der Waals surface area contributed by atoms with Crippen LogP contribution in [0.2, 0.25) is 0 Å². The van der Waals surface area contributed by atoms with Crippen LogP contribution >= 0.6 is 0 Å². The van der Waals surface area contributed by atoms with Gasteiger partial charge in [0.05, 0.1) is 6.42 Å². The first kappa shape index (κ1) is 17.5. The predicted molar refractivity (Wildman–Crippen MR) is 97.9 cm³/mol. The van der Waals surface area contributed by atoms with E-state index in [4.69, 9.17) is 0 Å². The average molecular weight is 356 g/mol. The van der Waals surface area contributed by atoms with E-state index in [0.29, 0.717) is 11.1 Å². The second-order valence-corrected chi connectivity index (χ2v) is 7.32. The standard InChI is InChI=1S/C20H17FO3S/c1-12-17(9-13-3-6-15(7-4-13)25(2)24)19-10-14(21)5-8-16(19)18(12)11-20(22)23/h3-10H,11H2,1-2H3,(H,22,23)/b17-9-/t25-/m1/s1. The van der Waals surface area contributed by atoms with Crippen molar-refractivity contribution in [3.63, 3.8) is 0 Å². The van der Waals surface area contributed by atoms with E-state index in [1.807, 2.05) is 25.1 Å². The summed E-state index contributed by atoms with van der Waals surface area (Å²) >= 11 is -1.04. The number of fused-ring (bicyclic) bond motifs is 1. The normalized spacial score (nSPS) is 16.2. The van der Waals surface area contributed by atoms with Crippen molar-refractivity contribution in [2.45, 2.75) is 18.2 Å². The molecular formula is C20H17FO3S. The second-order valence-electron chi connectivity index (χ2n) is 5.95. The average Bonchev–Trinajstić information content (AvgIpc) is 2.80. The van der Waals surface area contributed by atoms with Gasteiger partial charge in [-0.05, 0) is 94.0 Å². The Morgan fingerprint density at radius 1 is 1.20 bits per heavy atom. The van der Waals surface area contributed by atoms with E-state index in [1.165, 1.54) is 12.1 Å². The number of hydrogen-bond donors (Lipinski definition) is 1. The minimum Gasteiger partial charge on any atom is -0.612 e. The summed E-state index contributed by atoms with van der Waals surface area (Å²) in [7, 11) is 0. The van der Waals surface area contributed by atoms with Crippen molar-refractivity contribution in [2.24, 2.45) is 0 Å². The molecule has 3 rings (SSSR count). The van der Waals surface area contributed by atoms with Crippen molar-refractivity contribution >= 4 is 34.4 Å². The van der Waals surface area contributed by atoms with Gasteiger partial charge >= 0.3 is 5.97 Å². The number of hydrogen-bond acceptors (Lipinski definition) is 2. The smallest absolute Gasteiger partial charge is 0.307 e. The zero-order chi connectivity index (χ0) is 18.1. The SMILES string of the molecule is CC1=C(CC(=O)O)c2ccc(F)cc2/C1=C\c1ccc([S@@+](C)[O-])cc1. The monoisotopic (exact) mass is 356 g/mol. The zero-order valence-electron chi connectivity index (χ0n) is 13.9. The number of benzene rings is 2. The fourth-order valence-electron chi connectivity index (χ4n) is 3.06. The van der Waals surface area contributed by atoms with Crippen LogP contribution in [0.15, 0.2) is 52.9 Å². The highest BCUT2D eigenvalue weighted by molar-refractivity contribution is 7.90. The third-order valence-electron chi connectivity index (χ3n) is 4.30. The molecule has 0 amide bonds. The number of aliphatic carboxylic acids is 1. The molecule has 5 heteroatoms. The summed E-state index contributed by atoms with van der Waals surface area (Å²) in [5.41, 5.74) is 4.72. The summed E-state index contributed by atoms with van der Waals surface area (Å²) in [6, 6.07) is 11.7. The van der Waals surface area contributed by atoms with Gasteiger partial charge in [-0.15, -0.1) is 0 Å². The Kier molecular flexibility index (Phi) is 4.79. The summed E-state index contributed by atoms with van der Waals surface area (Å²) in [5, 5.41) is 9.17. The molecule has 0 heterocycles. The number of carboxylic acid groups (broad SMARTS) is 1. The van der Waals surface area contributed by atoms with Gasteiger partial charge in [0.15, 0.2) is 4.90 Å². The van der Waals surface area contributed by atoms with Crippen LogP contribution in [0.1, 0.15) is 30.0 Å². The molecule has 0 saturated heterocycles. The first-order chi connectivity index (χ1) is 11.9. The molecule has 0 aromatic heterocycles. The molecule has 0 unspecified atom stereocenters. The molecule has 25 heavy (non-hydrogen) atoms. The van der Waals surface area contributed by atoms with E-state index in [-0.39, 0.29) is 12.2 Å². The van der Waals surface area contributed by atoms with Gasteiger partial charge < -0.3 is 9.66 Å². The Labute approximate surface area is 148 Å². The lowest BCUT2D eigenvalue weighted by atomic mass is 10.0. The number of carboxylic acids is 1. The Morgan fingerprint density at radius 3 is 2.48 bits per heavy atom. The van der Waals surface area contributed by atoms with E-state index >= 15 is 0 Å². The topological polar surface area (TPSA) is 60.4 Å². The fraction of sp³-hybridized carbons (Fsp3) is 0.150. The lowest BCUT2D eigenvalue weighted by molar-refractivity contribution is -0.135. The van der Waals surface area contributed by atoms with Gasteiger partial charge in [0, 0.05) is 0 Å². The minimum absolute atomic E-state index is 0.102. The molecule has 0 bridgehead atoms. The highest BCUT2D eigenvalue weighted by atomic mass is 32.2. The van der Waals surface area contributed by atoms with Gasteiger partial charge in [-0.2, -0.15) is 0 Å². The van der Waals surface area contributed by atoms with Gasteiger partial charge in [-0.1, -0.05) is 6.07 Å². The van der Waals surface area contributed by atoms with Gasteiger partial charge in [-0.25, -0.2) is 4.39 Å². The second kappa shape index (κ2) is 6.86. The Hall–Kier alpha value is -2.37. The zero-order valence-corrected chi connectivity index (χ0v) is 14.7. The van der Waals surface area contributed by atoms with Gasteiger partial charge in [0.2, 0.25) is 0 Å². The molecular weight excluding hydrogens is 339 g/mol. The minimum atomic E-state index is -1.04. The summed E-state index contributed by atoms with van der Waals surface area (Å²) in [6.45, 7) is 1.86. The van der Waals surface area contributed by atoms with E-state index in [2.05, 4.69) is 0 Å². The van der Waals surface area contributed by atoms with Gasteiger partial charge in [0.25, 0.3) is 0 Å². The lowest BCUT2D eigenvalue weighted by Crippen LogP contribution is -1.96. The largest absolute Gasteiger partial charge is 0.612 e. The third kappa shape index (κ3) is 3.52. The van der Waals surface area contributed by atoms with Crippen molar-refractivity contribution in [1.82, 2.24) is 0 Å². The van der Waals surface area contributed by atoms with Crippen LogP contribution in [0.25, 0.3) is 17.2 Å². The fourth-order valence-corrected chi connectivity index (χ4v) is 3.58. The molecule has 1 atom stereocenters. The lowest BCUT2D eigenvalue weighted by Gasteiger charge is -2.06. The molecule has 128 valence electrons. The maximum Gasteiger partial charge on any atom is 0.307 e.